The Bertz CT molecular complexity index is 269. The molecule has 0 amide bonds. The van der Waals surface area contributed by atoms with E-state index in [4.69, 9.17) is 11.6 Å². The molecule has 0 fully saturated rings. The van der Waals surface area contributed by atoms with Crippen LogP contribution in [0, 0.1) is 0 Å². The monoisotopic (exact) mass is 246 g/mol. The van der Waals surface area contributed by atoms with Crippen molar-refractivity contribution in [3.05, 3.63) is 10.0 Å². The van der Waals surface area contributed by atoms with Gasteiger partial charge < -0.3 is 0 Å². The van der Waals surface area contributed by atoms with Crippen LogP contribution in [0.2, 0.25) is 0 Å². The van der Waals surface area contributed by atoms with Crippen molar-refractivity contribution in [2.75, 3.05) is 5.88 Å². The molecule has 2 nitrogen and oxygen atoms in total. The van der Waals surface area contributed by atoms with Gasteiger partial charge in [-0.3, -0.25) is 0 Å². The summed E-state index contributed by atoms with van der Waals surface area (Å²) in [4.78, 5) is 0. The van der Waals surface area contributed by atoms with Gasteiger partial charge in [0.2, 0.25) is 0 Å². The molecule has 0 saturated carbocycles. The molecule has 0 N–H and O–H groups in total. The Morgan fingerprint density at radius 1 is 1.20 bits per heavy atom. The number of nitrogens with zero attached hydrogens (tertiary/aromatic N) is 2. The van der Waals surface area contributed by atoms with E-state index < -0.39 is 0 Å². The van der Waals surface area contributed by atoms with E-state index in [0.717, 1.165) is 11.4 Å². The van der Waals surface area contributed by atoms with Gasteiger partial charge in [0.25, 0.3) is 0 Å². The molecule has 0 radical (unpaired) electrons. The Balaban J connectivity index is 2.63. The molecule has 0 aliphatic rings. The van der Waals surface area contributed by atoms with Crippen LogP contribution in [-0.2, 0) is 6.42 Å². The first-order valence-corrected chi connectivity index (χ1v) is 7.05. The Labute approximate surface area is 101 Å². The molecule has 1 rings (SSSR count). The highest BCUT2D eigenvalue weighted by molar-refractivity contribution is 7.11. The second kappa shape index (κ2) is 7.18. The molecular weight excluding hydrogens is 228 g/mol. The van der Waals surface area contributed by atoms with Crippen molar-refractivity contribution in [2.45, 2.75) is 51.9 Å². The zero-order valence-corrected chi connectivity index (χ0v) is 11.1. The van der Waals surface area contributed by atoms with E-state index >= 15 is 0 Å². The standard InChI is InChI=1S/C11H19ClN2S/c1-3-5-9(6-4-2)11-14-13-10(15-11)7-8-12/h9H,3-8H2,1-2H3. The number of alkyl halides is 1. The van der Waals surface area contributed by atoms with E-state index in [1.807, 2.05) is 0 Å². The Morgan fingerprint density at radius 3 is 2.40 bits per heavy atom. The Hall–Kier alpha value is -0.150. The normalized spacial score (nSPS) is 11.2. The summed E-state index contributed by atoms with van der Waals surface area (Å²) in [5.74, 6) is 1.25. The molecule has 1 aromatic heterocycles. The molecule has 4 heteroatoms. The number of rotatable bonds is 7. The summed E-state index contributed by atoms with van der Waals surface area (Å²) in [6, 6.07) is 0. The first kappa shape index (κ1) is 12.9. The number of aromatic nitrogens is 2. The summed E-state index contributed by atoms with van der Waals surface area (Å²) in [5, 5.41) is 10.7. The van der Waals surface area contributed by atoms with Gasteiger partial charge >= 0.3 is 0 Å². The maximum absolute atomic E-state index is 5.69. The van der Waals surface area contributed by atoms with E-state index in [1.165, 1.54) is 30.7 Å². The van der Waals surface area contributed by atoms with E-state index in [0.29, 0.717) is 11.8 Å². The fourth-order valence-corrected chi connectivity index (χ4v) is 3.00. The lowest BCUT2D eigenvalue weighted by Gasteiger charge is -2.10. The van der Waals surface area contributed by atoms with Gasteiger partial charge in [0.1, 0.15) is 10.0 Å². The van der Waals surface area contributed by atoms with Crippen molar-refractivity contribution in [3.8, 4) is 0 Å². The smallest absolute Gasteiger partial charge is 0.120 e. The quantitative estimate of drug-likeness (QED) is 0.680. The van der Waals surface area contributed by atoms with Crippen molar-refractivity contribution in [1.82, 2.24) is 10.2 Å². The SMILES string of the molecule is CCCC(CCC)c1nnc(CCCl)s1. The zero-order chi connectivity index (χ0) is 11.1. The molecule has 86 valence electrons. The summed E-state index contributed by atoms with van der Waals surface area (Å²) in [6.45, 7) is 4.45. The topological polar surface area (TPSA) is 25.8 Å². The summed E-state index contributed by atoms with van der Waals surface area (Å²) >= 11 is 7.42. The summed E-state index contributed by atoms with van der Waals surface area (Å²) in [7, 11) is 0. The van der Waals surface area contributed by atoms with E-state index in [2.05, 4.69) is 24.0 Å². The Kier molecular flexibility index (Phi) is 6.18. The third kappa shape index (κ3) is 4.07. The molecule has 0 saturated heterocycles. The van der Waals surface area contributed by atoms with E-state index in [1.54, 1.807) is 11.3 Å². The molecule has 1 aromatic rings. The highest BCUT2D eigenvalue weighted by atomic mass is 35.5. The van der Waals surface area contributed by atoms with Gasteiger partial charge in [-0.2, -0.15) is 0 Å². The van der Waals surface area contributed by atoms with Crippen molar-refractivity contribution in [3.63, 3.8) is 0 Å². The number of halogens is 1. The first-order chi connectivity index (χ1) is 7.31. The highest BCUT2D eigenvalue weighted by Crippen LogP contribution is 2.28. The minimum atomic E-state index is 0.613. The van der Waals surface area contributed by atoms with Crippen LogP contribution in [0.5, 0.6) is 0 Å². The molecule has 0 atom stereocenters. The zero-order valence-electron chi connectivity index (χ0n) is 9.50. The van der Waals surface area contributed by atoms with Crippen LogP contribution in [0.25, 0.3) is 0 Å². The fourth-order valence-electron chi connectivity index (χ4n) is 1.70. The molecule has 15 heavy (non-hydrogen) atoms. The lowest BCUT2D eigenvalue weighted by atomic mass is 9.99. The van der Waals surface area contributed by atoms with Crippen LogP contribution in [0.3, 0.4) is 0 Å². The van der Waals surface area contributed by atoms with Crippen molar-refractivity contribution >= 4 is 22.9 Å². The van der Waals surface area contributed by atoms with Gasteiger partial charge in [-0.1, -0.05) is 26.7 Å². The fraction of sp³-hybridized carbons (Fsp3) is 0.818. The number of hydrogen-bond acceptors (Lipinski definition) is 3. The van der Waals surface area contributed by atoms with Gasteiger partial charge in [-0.05, 0) is 12.8 Å². The van der Waals surface area contributed by atoms with Gasteiger partial charge in [-0.15, -0.1) is 33.1 Å². The summed E-state index contributed by atoms with van der Waals surface area (Å²) in [6.07, 6.45) is 5.74. The average molecular weight is 247 g/mol. The lowest BCUT2D eigenvalue weighted by Crippen LogP contribution is -1.97. The summed E-state index contributed by atoms with van der Waals surface area (Å²) < 4.78 is 0. The molecule has 0 aliphatic carbocycles. The molecular formula is C11H19ClN2S. The second-order valence-corrected chi connectivity index (χ2v) is 5.22. The molecule has 0 aromatic carbocycles. The largest absolute Gasteiger partial charge is 0.144 e. The highest BCUT2D eigenvalue weighted by Gasteiger charge is 2.14. The van der Waals surface area contributed by atoms with Gasteiger partial charge in [0.05, 0.1) is 0 Å². The molecule has 0 aliphatic heterocycles. The van der Waals surface area contributed by atoms with E-state index in [9.17, 15) is 0 Å². The van der Waals surface area contributed by atoms with Crippen molar-refractivity contribution in [2.24, 2.45) is 0 Å². The van der Waals surface area contributed by atoms with Gasteiger partial charge in [-0.25, -0.2) is 0 Å². The maximum atomic E-state index is 5.69. The van der Waals surface area contributed by atoms with Crippen LogP contribution in [-0.4, -0.2) is 16.1 Å². The summed E-state index contributed by atoms with van der Waals surface area (Å²) in [5.41, 5.74) is 0. The molecule has 0 spiro atoms. The minimum Gasteiger partial charge on any atom is -0.144 e. The number of aryl methyl sites for hydroxylation is 1. The average Bonchev–Trinajstić information content (AvgIpc) is 2.67. The van der Waals surface area contributed by atoms with Crippen LogP contribution < -0.4 is 0 Å². The van der Waals surface area contributed by atoms with Crippen LogP contribution in [0.4, 0.5) is 0 Å². The maximum Gasteiger partial charge on any atom is 0.120 e. The van der Waals surface area contributed by atoms with Gasteiger partial charge in [0.15, 0.2) is 0 Å². The third-order valence-corrected chi connectivity index (χ3v) is 3.75. The molecule has 1 heterocycles. The third-order valence-electron chi connectivity index (χ3n) is 2.41. The number of hydrogen-bond donors (Lipinski definition) is 0. The van der Waals surface area contributed by atoms with Crippen LogP contribution in [0.1, 0.15) is 55.5 Å². The van der Waals surface area contributed by atoms with E-state index in [-0.39, 0.29) is 0 Å². The Morgan fingerprint density at radius 2 is 1.87 bits per heavy atom. The first-order valence-electron chi connectivity index (χ1n) is 5.70. The predicted octanol–water partition coefficient (Wildman–Crippen LogP) is 4.00. The minimum absolute atomic E-state index is 0.613. The molecule has 0 bridgehead atoms. The van der Waals surface area contributed by atoms with Crippen LogP contribution in [0.15, 0.2) is 0 Å². The lowest BCUT2D eigenvalue weighted by molar-refractivity contribution is 0.554. The van der Waals surface area contributed by atoms with Gasteiger partial charge in [0, 0.05) is 18.2 Å². The van der Waals surface area contributed by atoms with Crippen molar-refractivity contribution < 1.29 is 0 Å². The van der Waals surface area contributed by atoms with Crippen LogP contribution >= 0.6 is 22.9 Å². The second-order valence-electron chi connectivity index (χ2n) is 3.75. The predicted molar refractivity (Wildman–Crippen MR) is 66.9 cm³/mol. The molecule has 0 unspecified atom stereocenters. The van der Waals surface area contributed by atoms with Crippen molar-refractivity contribution in [1.29, 1.82) is 0 Å².